The Labute approximate surface area is 90.4 Å². The molecule has 0 fully saturated rings. The van der Waals surface area contributed by atoms with Gasteiger partial charge in [-0.05, 0) is 18.2 Å². The van der Waals surface area contributed by atoms with E-state index in [4.69, 9.17) is 14.9 Å². The molecule has 0 unspecified atom stereocenters. The number of primary amides is 1. The van der Waals surface area contributed by atoms with Crippen molar-refractivity contribution in [3.05, 3.63) is 40.8 Å². The van der Waals surface area contributed by atoms with E-state index in [9.17, 15) is 9.59 Å². The van der Waals surface area contributed by atoms with E-state index in [1.54, 1.807) is 24.3 Å². The zero-order valence-corrected chi connectivity index (χ0v) is 8.30. The predicted molar refractivity (Wildman–Crippen MR) is 57.2 cm³/mol. The molecule has 0 saturated heterocycles. The van der Waals surface area contributed by atoms with Crippen molar-refractivity contribution in [3.63, 3.8) is 0 Å². The smallest absolute Gasteiger partial charge is 0.336 e. The fourth-order valence-electron chi connectivity index (χ4n) is 1.29. The Morgan fingerprint density at radius 2 is 2.06 bits per heavy atom. The van der Waals surface area contributed by atoms with Crippen molar-refractivity contribution in [2.45, 2.75) is 0 Å². The molecule has 0 aliphatic heterocycles. The monoisotopic (exact) mass is 219 g/mol. The van der Waals surface area contributed by atoms with Gasteiger partial charge in [-0.25, -0.2) is 4.79 Å². The van der Waals surface area contributed by atoms with Crippen LogP contribution in [0.4, 0.5) is 0 Å². The summed E-state index contributed by atoms with van der Waals surface area (Å²) in [6.07, 6.45) is 0. The number of nitrogens with two attached hydrogens (primary N) is 1. The lowest BCUT2D eigenvalue weighted by molar-refractivity contribution is -0.119. The molecule has 0 aliphatic rings. The van der Waals surface area contributed by atoms with Crippen LogP contribution in [0.3, 0.4) is 0 Å². The van der Waals surface area contributed by atoms with E-state index >= 15 is 0 Å². The average Bonchev–Trinajstić information content (AvgIpc) is 2.25. The van der Waals surface area contributed by atoms with Crippen molar-refractivity contribution in [1.82, 2.24) is 0 Å². The quantitative estimate of drug-likeness (QED) is 0.768. The van der Waals surface area contributed by atoms with Crippen LogP contribution in [0.2, 0.25) is 0 Å². The fourth-order valence-corrected chi connectivity index (χ4v) is 1.29. The van der Waals surface area contributed by atoms with Crippen LogP contribution in [0.15, 0.2) is 39.5 Å². The molecule has 0 spiro atoms. The van der Waals surface area contributed by atoms with Crippen molar-refractivity contribution in [1.29, 1.82) is 0 Å². The summed E-state index contributed by atoms with van der Waals surface area (Å²) in [5, 5.41) is 0.783. The van der Waals surface area contributed by atoms with Gasteiger partial charge < -0.3 is 14.9 Å². The van der Waals surface area contributed by atoms with E-state index in [0.29, 0.717) is 11.3 Å². The minimum absolute atomic E-state index is 0.206. The van der Waals surface area contributed by atoms with Crippen LogP contribution >= 0.6 is 0 Å². The van der Waals surface area contributed by atoms with Crippen molar-refractivity contribution in [2.75, 3.05) is 6.61 Å². The first-order valence-electron chi connectivity index (χ1n) is 4.60. The van der Waals surface area contributed by atoms with E-state index in [-0.39, 0.29) is 6.61 Å². The van der Waals surface area contributed by atoms with Crippen LogP contribution < -0.4 is 16.1 Å². The second-order valence-corrected chi connectivity index (χ2v) is 3.21. The van der Waals surface area contributed by atoms with Crippen LogP contribution in [0.25, 0.3) is 11.0 Å². The van der Waals surface area contributed by atoms with Crippen LogP contribution in [-0.2, 0) is 4.79 Å². The molecule has 2 rings (SSSR count). The Kier molecular flexibility index (Phi) is 2.59. The first kappa shape index (κ1) is 10.2. The molecule has 0 saturated carbocycles. The highest BCUT2D eigenvalue weighted by Crippen LogP contribution is 2.19. The van der Waals surface area contributed by atoms with Gasteiger partial charge >= 0.3 is 5.63 Å². The Hall–Kier alpha value is -2.30. The molecule has 0 atom stereocenters. The summed E-state index contributed by atoms with van der Waals surface area (Å²) < 4.78 is 10.0. The predicted octanol–water partition coefficient (Wildman–Crippen LogP) is 0.657. The molecule has 2 N–H and O–H groups in total. The van der Waals surface area contributed by atoms with Gasteiger partial charge in [0.2, 0.25) is 0 Å². The number of carbonyl (C=O) groups excluding carboxylic acids is 1. The van der Waals surface area contributed by atoms with Gasteiger partial charge in [0.1, 0.15) is 11.3 Å². The second-order valence-electron chi connectivity index (χ2n) is 3.21. The number of amides is 1. The minimum Gasteiger partial charge on any atom is -0.484 e. The minimum atomic E-state index is -0.561. The Morgan fingerprint density at radius 1 is 1.31 bits per heavy atom. The second kappa shape index (κ2) is 4.06. The Bertz CT molecular complexity index is 588. The average molecular weight is 219 g/mol. The molecule has 82 valence electrons. The maximum atomic E-state index is 11.0. The van der Waals surface area contributed by atoms with Crippen molar-refractivity contribution in [2.24, 2.45) is 5.73 Å². The van der Waals surface area contributed by atoms with Crippen LogP contribution in [0.1, 0.15) is 0 Å². The van der Waals surface area contributed by atoms with Crippen molar-refractivity contribution < 1.29 is 13.9 Å². The fraction of sp³-hybridized carbons (Fsp3) is 0.0909. The number of fused-ring (bicyclic) bond motifs is 1. The normalized spacial score (nSPS) is 10.2. The van der Waals surface area contributed by atoms with Gasteiger partial charge in [0, 0.05) is 17.5 Å². The number of ether oxygens (including phenoxy) is 1. The highest BCUT2D eigenvalue weighted by atomic mass is 16.5. The lowest BCUT2D eigenvalue weighted by Crippen LogP contribution is -2.19. The molecule has 5 heteroatoms. The molecular formula is C11H9NO4. The molecule has 0 radical (unpaired) electrons. The maximum absolute atomic E-state index is 11.0. The van der Waals surface area contributed by atoms with Crippen LogP contribution in [-0.4, -0.2) is 12.5 Å². The standard InChI is InChI=1S/C11H9NO4/c12-10(13)6-15-8-3-1-7-2-4-11(14)16-9(7)5-8/h1-5H,6H2,(H2,12,13). The molecule has 1 aromatic heterocycles. The molecule has 2 aromatic rings. The van der Waals surface area contributed by atoms with Gasteiger partial charge in [-0.3, -0.25) is 4.79 Å². The molecule has 16 heavy (non-hydrogen) atoms. The highest BCUT2D eigenvalue weighted by molar-refractivity contribution is 5.78. The van der Waals surface area contributed by atoms with E-state index in [1.807, 2.05) is 0 Å². The lowest BCUT2D eigenvalue weighted by Gasteiger charge is -2.03. The molecule has 1 heterocycles. The zero-order chi connectivity index (χ0) is 11.5. The van der Waals surface area contributed by atoms with E-state index < -0.39 is 11.5 Å². The summed E-state index contributed by atoms with van der Waals surface area (Å²) in [6, 6.07) is 7.94. The number of carbonyl (C=O) groups is 1. The summed E-state index contributed by atoms with van der Waals surface area (Å²) in [7, 11) is 0. The number of benzene rings is 1. The summed E-state index contributed by atoms with van der Waals surface area (Å²) in [5.41, 5.74) is 4.92. The summed E-state index contributed by atoms with van der Waals surface area (Å²) in [6.45, 7) is -0.206. The van der Waals surface area contributed by atoms with Crippen molar-refractivity contribution >= 4 is 16.9 Å². The molecule has 0 aliphatic carbocycles. The van der Waals surface area contributed by atoms with Gasteiger partial charge in [-0.15, -0.1) is 0 Å². The van der Waals surface area contributed by atoms with Gasteiger partial charge in [0.05, 0.1) is 0 Å². The van der Waals surface area contributed by atoms with Gasteiger partial charge in [-0.1, -0.05) is 0 Å². The third-order valence-electron chi connectivity index (χ3n) is 1.98. The molecule has 5 nitrogen and oxygen atoms in total. The topological polar surface area (TPSA) is 82.5 Å². The summed E-state index contributed by atoms with van der Waals surface area (Å²) >= 11 is 0. The maximum Gasteiger partial charge on any atom is 0.336 e. The third kappa shape index (κ3) is 2.20. The summed E-state index contributed by atoms with van der Waals surface area (Å²) in [5.74, 6) is -0.129. The van der Waals surface area contributed by atoms with E-state index in [2.05, 4.69) is 0 Å². The number of rotatable bonds is 3. The third-order valence-corrected chi connectivity index (χ3v) is 1.98. The molecule has 1 aromatic carbocycles. The van der Waals surface area contributed by atoms with Crippen LogP contribution in [0, 0.1) is 0 Å². The summed E-state index contributed by atoms with van der Waals surface area (Å²) in [4.78, 5) is 21.5. The van der Waals surface area contributed by atoms with E-state index in [0.717, 1.165) is 5.39 Å². The van der Waals surface area contributed by atoms with Gasteiger partial charge in [-0.2, -0.15) is 0 Å². The lowest BCUT2D eigenvalue weighted by atomic mass is 10.2. The van der Waals surface area contributed by atoms with Gasteiger partial charge in [0.15, 0.2) is 6.61 Å². The number of hydrogen-bond acceptors (Lipinski definition) is 4. The Morgan fingerprint density at radius 3 is 2.81 bits per heavy atom. The molecular weight excluding hydrogens is 210 g/mol. The Balaban J connectivity index is 2.35. The SMILES string of the molecule is NC(=O)COc1ccc2ccc(=O)oc2c1. The number of hydrogen-bond donors (Lipinski definition) is 1. The molecule has 1 amide bonds. The largest absolute Gasteiger partial charge is 0.484 e. The first-order chi connectivity index (χ1) is 7.65. The highest BCUT2D eigenvalue weighted by Gasteiger charge is 2.01. The van der Waals surface area contributed by atoms with Gasteiger partial charge in [0.25, 0.3) is 5.91 Å². The van der Waals surface area contributed by atoms with Crippen LogP contribution in [0.5, 0.6) is 5.75 Å². The van der Waals surface area contributed by atoms with E-state index in [1.165, 1.54) is 6.07 Å². The zero-order valence-electron chi connectivity index (χ0n) is 8.30. The van der Waals surface area contributed by atoms with Crippen molar-refractivity contribution in [3.8, 4) is 5.75 Å². The molecule has 0 bridgehead atoms. The first-order valence-corrected chi connectivity index (χ1v) is 4.60.